The molecule has 3 rings (SSSR count). The first-order valence-electron chi connectivity index (χ1n) is 8.85. The summed E-state index contributed by atoms with van der Waals surface area (Å²) in [5.74, 6) is 0.870. The number of ether oxygens (including phenoxy) is 2. The lowest BCUT2D eigenvalue weighted by molar-refractivity contribution is -0.140. The van der Waals surface area contributed by atoms with Crippen molar-refractivity contribution in [1.82, 2.24) is 4.90 Å². The highest BCUT2D eigenvalue weighted by Crippen LogP contribution is 2.41. The van der Waals surface area contributed by atoms with Crippen LogP contribution in [0.1, 0.15) is 44.2 Å². The fourth-order valence-corrected chi connectivity index (χ4v) is 3.97. The van der Waals surface area contributed by atoms with E-state index in [1.54, 1.807) is 7.11 Å². The van der Waals surface area contributed by atoms with Gasteiger partial charge in [0.25, 0.3) is 0 Å². The first kappa shape index (κ1) is 17.2. The molecule has 1 aromatic rings. The molecule has 5 nitrogen and oxygen atoms in total. The Morgan fingerprint density at radius 3 is 2.67 bits per heavy atom. The summed E-state index contributed by atoms with van der Waals surface area (Å²) in [6.07, 6.45) is 3.67. The standard InChI is InChI=1S/C19H28N2O3/c1-13(2)24-14-8-11-21(12-9-14)18(22)19(20)10-7-15-16(19)5-4-6-17(15)23-3/h4-6,13-14H,7-12,20H2,1-3H3/t19-/m1/s1. The van der Waals surface area contributed by atoms with Crippen LogP contribution < -0.4 is 10.5 Å². The molecule has 0 unspecified atom stereocenters. The number of rotatable bonds is 4. The fraction of sp³-hybridized carbons (Fsp3) is 0.632. The van der Waals surface area contributed by atoms with Crippen molar-refractivity contribution in [2.24, 2.45) is 5.73 Å². The van der Waals surface area contributed by atoms with E-state index in [9.17, 15) is 4.79 Å². The van der Waals surface area contributed by atoms with Crippen LogP contribution in [0.25, 0.3) is 0 Å². The van der Waals surface area contributed by atoms with Crippen LogP contribution in [0.4, 0.5) is 0 Å². The number of nitrogens with zero attached hydrogens (tertiary/aromatic N) is 1. The number of hydrogen-bond acceptors (Lipinski definition) is 4. The van der Waals surface area contributed by atoms with Crippen molar-refractivity contribution in [3.63, 3.8) is 0 Å². The first-order valence-corrected chi connectivity index (χ1v) is 8.85. The molecule has 1 saturated heterocycles. The number of piperidine rings is 1. The minimum Gasteiger partial charge on any atom is -0.496 e. The van der Waals surface area contributed by atoms with Gasteiger partial charge in [-0.05, 0) is 56.7 Å². The van der Waals surface area contributed by atoms with Gasteiger partial charge in [-0.3, -0.25) is 4.79 Å². The van der Waals surface area contributed by atoms with Crippen LogP contribution in [0.5, 0.6) is 5.75 Å². The van der Waals surface area contributed by atoms with Crippen molar-refractivity contribution in [2.45, 2.75) is 57.3 Å². The molecule has 5 heteroatoms. The molecule has 1 aliphatic heterocycles. The van der Waals surface area contributed by atoms with E-state index in [1.807, 2.05) is 23.1 Å². The Balaban J connectivity index is 1.73. The molecule has 2 N–H and O–H groups in total. The van der Waals surface area contributed by atoms with Gasteiger partial charge in [0.15, 0.2) is 0 Å². The second kappa shape index (κ2) is 6.73. The van der Waals surface area contributed by atoms with E-state index in [-0.39, 0.29) is 18.1 Å². The third kappa shape index (κ3) is 3.03. The van der Waals surface area contributed by atoms with E-state index < -0.39 is 5.54 Å². The highest BCUT2D eigenvalue weighted by Gasteiger charge is 2.45. The van der Waals surface area contributed by atoms with Gasteiger partial charge >= 0.3 is 0 Å². The van der Waals surface area contributed by atoms with Crippen molar-refractivity contribution >= 4 is 5.91 Å². The van der Waals surface area contributed by atoms with Crippen molar-refractivity contribution in [2.75, 3.05) is 20.2 Å². The number of hydrogen-bond donors (Lipinski definition) is 1. The van der Waals surface area contributed by atoms with Crippen molar-refractivity contribution in [1.29, 1.82) is 0 Å². The zero-order valence-corrected chi connectivity index (χ0v) is 14.9. The van der Waals surface area contributed by atoms with Gasteiger partial charge in [0.1, 0.15) is 11.3 Å². The van der Waals surface area contributed by atoms with Gasteiger partial charge in [0, 0.05) is 13.1 Å². The predicted molar refractivity (Wildman–Crippen MR) is 93.0 cm³/mol. The smallest absolute Gasteiger partial charge is 0.247 e. The molecule has 0 spiro atoms. The Kier molecular flexibility index (Phi) is 4.83. The van der Waals surface area contributed by atoms with Crippen molar-refractivity contribution in [3.8, 4) is 5.75 Å². The number of fused-ring (bicyclic) bond motifs is 1. The van der Waals surface area contributed by atoms with Crippen molar-refractivity contribution < 1.29 is 14.3 Å². The second-order valence-corrected chi connectivity index (χ2v) is 7.13. The maximum atomic E-state index is 13.1. The number of amides is 1. The number of likely N-dealkylation sites (tertiary alicyclic amines) is 1. The highest BCUT2D eigenvalue weighted by atomic mass is 16.5. The fourth-order valence-electron chi connectivity index (χ4n) is 3.97. The highest BCUT2D eigenvalue weighted by molar-refractivity contribution is 5.89. The lowest BCUT2D eigenvalue weighted by Gasteiger charge is -2.37. The van der Waals surface area contributed by atoms with Crippen LogP contribution in [0.15, 0.2) is 18.2 Å². The number of nitrogens with two attached hydrogens (primary N) is 1. The maximum Gasteiger partial charge on any atom is 0.247 e. The summed E-state index contributed by atoms with van der Waals surface area (Å²) in [5.41, 5.74) is 7.69. The van der Waals surface area contributed by atoms with Crippen LogP contribution in [-0.2, 0) is 21.5 Å². The molecule has 2 aliphatic rings. The molecule has 0 radical (unpaired) electrons. The first-order chi connectivity index (χ1) is 11.5. The van der Waals surface area contributed by atoms with E-state index in [0.717, 1.165) is 36.1 Å². The molecule has 0 saturated carbocycles. The Morgan fingerprint density at radius 1 is 1.33 bits per heavy atom. The van der Waals surface area contributed by atoms with Gasteiger partial charge in [0.05, 0.1) is 19.3 Å². The molecule has 132 valence electrons. The zero-order valence-electron chi connectivity index (χ0n) is 14.9. The van der Waals surface area contributed by atoms with Gasteiger partial charge < -0.3 is 20.1 Å². The Bertz CT molecular complexity index is 609. The molecule has 1 aromatic carbocycles. The molecule has 1 aliphatic carbocycles. The molecule has 1 heterocycles. The number of benzene rings is 1. The Morgan fingerprint density at radius 2 is 2.04 bits per heavy atom. The summed E-state index contributed by atoms with van der Waals surface area (Å²) >= 11 is 0. The van der Waals surface area contributed by atoms with Crippen LogP contribution in [-0.4, -0.2) is 43.2 Å². The van der Waals surface area contributed by atoms with E-state index in [1.165, 1.54) is 0 Å². The largest absolute Gasteiger partial charge is 0.496 e. The summed E-state index contributed by atoms with van der Waals surface area (Å²) in [4.78, 5) is 15.0. The molecular formula is C19H28N2O3. The van der Waals surface area contributed by atoms with Gasteiger partial charge in [0.2, 0.25) is 5.91 Å². The second-order valence-electron chi connectivity index (χ2n) is 7.13. The minimum atomic E-state index is -0.921. The van der Waals surface area contributed by atoms with Crippen LogP contribution in [0.2, 0.25) is 0 Å². The average Bonchev–Trinajstić information content (AvgIpc) is 2.93. The monoisotopic (exact) mass is 332 g/mol. The van der Waals surface area contributed by atoms with Crippen LogP contribution >= 0.6 is 0 Å². The Labute approximate surface area is 144 Å². The van der Waals surface area contributed by atoms with Crippen molar-refractivity contribution in [3.05, 3.63) is 29.3 Å². The summed E-state index contributed by atoms with van der Waals surface area (Å²) in [7, 11) is 1.66. The Hall–Kier alpha value is -1.59. The van der Waals surface area contributed by atoms with Crippen LogP contribution in [0.3, 0.4) is 0 Å². The molecule has 1 amide bonds. The minimum absolute atomic E-state index is 0.0394. The molecule has 24 heavy (non-hydrogen) atoms. The van der Waals surface area contributed by atoms with Crippen LogP contribution in [0, 0.1) is 0 Å². The van der Waals surface area contributed by atoms with Gasteiger partial charge in [-0.2, -0.15) is 0 Å². The quantitative estimate of drug-likeness (QED) is 0.918. The molecule has 0 aromatic heterocycles. The third-order valence-corrected chi connectivity index (χ3v) is 5.18. The van der Waals surface area contributed by atoms with E-state index >= 15 is 0 Å². The van der Waals surface area contributed by atoms with Gasteiger partial charge in [-0.25, -0.2) is 0 Å². The van der Waals surface area contributed by atoms with E-state index in [2.05, 4.69) is 13.8 Å². The average molecular weight is 332 g/mol. The van der Waals surface area contributed by atoms with E-state index in [0.29, 0.717) is 19.5 Å². The summed E-state index contributed by atoms with van der Waals surface area (Å²) in [6.45, 7) is 5.54. The lowest BCUT2D eigenvalue weighted by Crippen LogP contribution is -2.54. The predicted octanol–water partition coefficient (Wildman–Crippen LogP) is 2.21. The summed E-state index contributed by atoms with van der Waals surface area (Å²) in [6, 6.07) is 5.82. The van der Waals surface area contributed by atoms with E-state index in [4.69, 9.17) is 15.2 Å². The number of carbonyl (C=O) groups excluding carboxylic acids is 1. The summed E-state index contributed by atoms with van der Waals surface area (Å²) in [5, 5.41) is 0. The lowest BCUT2D eigenvalue weighted by atomic mass is 9.90. The molecule has 1 atom stereocenters. The third-order valence-electron chi connectivity index (χ3n) is 5.18. The summed E-state index contributed by atoms with van der Waals surface area (Å²) < 4.78 is 11.3. The number of carbonyl (C=O) groups is 1. The zero-order chi connectivity index (χ0) is 17.3. The topological polar surface area (TPSA) is 64.8 Å². The maximum absolute atomic E-state index is 13.1. The number of methoxy groups -OCH3 is 1. The normalized spacial score (nSPS) is 24.3. The molecule has 0 bridgehead atoms. The molecular weight excluding hydrogens is 304 g/mol. The SMILES string of the molecule is COc1cccc2c1CC[C@]2(N)C(=O)N1CCC(OC(C)C)CC1. The van der Waals surface area contributed by atoms with Gasteiger partial charge in [-0.15, -0.1) is 0 Å². The molecule has 1 fully saturated rings. The van der Waals surface area contributed by atoms with Gasteiger partial charge in [-0.1, -0.05) is 12.1 Å².